The van der Waals surface area contributed by atoms with Crippen LogP contribution in [-0.4, -0.2) is 33.9 Å². The Labute approximate surface area is 189 Å². The first kappa shape index (κ1) is 21.4. The number of carbonyl (C=O) groups excluding carboxylic acids is 1. The van der Waals surface area contributed by atoms with Gasteiger partial charge in [-0.1, -0.05) is 67.3 Å². The summed E-state index contributed by atoms with van der Waals surface area (Å²) in [5, 5.41) is 0. The maximum Gasteiger partial charge on any atom is 0.249 e. The van der Waals surface area contributed by atoms with Gasteiger partial charge in [-0.2, -0.15) is 0 Å². The Morgan fingerprint density at radius 2 is 1.97 bits per heavy atom. The van der Waals surface area contributed by atoms with E-state index in [4.69, 9.17) is 0 Å². The van der Waals surface area contributed by atoms with Crippen LogP contribution in [0.15, 0.2) is 97.5 Å². The lowest BCUT2D eigenvalue weighted by atomic mass is 10.0. The molecule has 0 fully saturated rings. The number of fused-ring (bicyclic) bond motifs is 1. The van der Waals surface area contributed by atoms with Crippen LogP contribution in [0.4, 0.5) is 5.69 Å². The third-order valence-corrected chi connectivity index (χ3v) is 5.66. The zero-order valence-corrected chi connectivity index (χ0v) is 18.4. The average molecular weight is 425 g/mol. The van der Waals surface area contributed by atoms with E-state index in [1.807, 2.05) is 54.4 Å². The second-order valence-corrected chi connectivity index (χ2v) is 7.90. The maximum atomic E-state index is 13.2. The van der Waals surface area contributed by atoms with Crippen LogP contribution in [0.1, 0.15) is 18.2 Å². The first-order valence-corrected chi connectivity index (χ1v) is 10.8. The molecule has 1 aliphatic rings. The third-order valence-electron chi connectivity index (χ3n) is 5.66. The lowest BCUT2D eigenvalue weighted by Gasteiger charge is -2.24. The average Bonchev–Trinajstić information content (AvgIpc) is 3.27. The molecular formula is C27H28N4O. The van der Waals surface area contributed by atoms with Crippen LogP contribution in [0.2, 0.25) is 0 Å². The van der Waals surface area contributed by atoms with Crippen molar-refractivity contribution < 1.29 is 4.79 Å². The second kappa shape index (κ2) is 9.96. The highest BCUT2D eigenvalue weighted by molar-refractivity contribution is 5.93. The molecule has 0 unspecified atom stereocenters. The van der Waals surface area contributed by atoms with Gasteiger partial charge in [-0.3, -0.25) is 4.79 Å². The largest absolute Gasteiger partial charge is 0.364 e. The topological polar surface area (TPSA) is 52.2 Å². The Hall–Kier alpha value is -3.86. The molecule has 0 aliphatic carbocycles. The summed E-state index contributed by atoms with van der Waals surface area (Å²) in [6, 6.07) is 16.9. The third kappa shape index (κ3) is 4.89. The molecule has 0 saturated heterocycles. The minimum Gasteiger partial charge on any atom is -0.364 e. The van der Waals surface area contributed by atoms with E-state index in [-0.39, 0.29) is 5.91 Å². The van der Waals surface area contributed by atoms with Gasteiger partial charge in [-0.05, 0) is 35.7 Å². The Bertz CT molecular complexity index is 1130. The molecule has 0 bridgehead atoms. The molecule has 1 aliphatic heterocycles. The Morgan fingerprint density at radius 1 is 1.12 bits per heavy atom. The predicted octanol–water partition coefficient (Wildman–Crippen LogP) is 5.11. The normalized spacial score (nSPS) is 14.3. The molecule has 0 saturated carbocycles. The van der Waals surface area contributed by atoms with E-state index >= 15 is 0 Å². The minimum absolute atomic E-state index is 0.0539. The zero-order valence-electron chi connectivity index (χ0n) is 18.4. The zero-order chi connectivity index (χ0) is 22.3. The van der Waals surface area contributed by atoms with E-state index in [0.717, 1.165) is 35.6 Å². The van der Waals surface area contributed by atoms with E-state index < -0.39 is 0 Å². The fourth-order valence-corrected chi connectivity index (χ4v) is 3.99. The molecule has 0 radical (unpaired) electrons. The van der Waals surface area contributed by atoms with Gasteiger partial charge in [0.1, 0.15) is 0 Å². The van der Waals surface area contributed by atoms with Gasteiger partial charge in [-0.25, -0.2) is 4.98 Å². The summed E-state index contributed by atoms with van der Waals surface area (Å²) >= 11 is 0. The quantitative estimate of drug-likeness (QED) is 0.442. The highest BCUT2D eigenvalue weighted by Crippen LogP contribution is 2.31. The summed E-state index contributed by atoms with van der Waals surface area (Å²) in [6.45, 7) is 8.24. The highest BCUT2D eigenvalue weighted by atomic mass is 16.2. The number of benzene rings is 2. The van der Waals surface area contributed by atoms with Crippen molar-refractivity contribution in [2.24, 2.45) is 0 Å². The molecule has 1 N–H and O–H groups in total. The van der Waals surface area contributed by atoms with Gasteiger partial charge < -0.3 is 14.8 Å². The monoisotopic (exact) mass is 424 g/mol. The standard InChI is InChI=1S/C27H28N4O/c1-3-4-6-9-21(2)27(32)31-15-14-30(19-25-17-28-20-29-25)26-13-12-23(16-24(26)18-31)22-10-7-5-8-11-22/h3-13,16-17,20H,1,14-15,18-19H2,2H3,(H,28,29)/b6-4-,21-9+. The van der Waals surface area contributed by atoms with E-state index in [2.05, 4.69) is 51.8 Å². The van der Waals surface area contributed by atoms with Gasteiger partial charge in [0, 0.05) is 37.1 Å². The number of nitrogens with one attached hydrogen (secondary N) is 1. The number of aromatic nitrogens is 2. The van der Waals surface area contributed by atoms with Crippen LogP contribution in [0.3, 0.4) is 0 Å². The SMILES string of the molecule is C=C/C=C\C=C(/C)C(=O)N1CCN(Cc2cnc[nH]2)c2ccc(-c3ccccc3)cc2C1. The highest BCUT2D eigenvalue weighted by Gasteiger charge is 2.24. The van der Waals surface area contributed by atoms with E-state index in [1.54, 1.807) is 12.4 Å². The summed E-state index contributed by atoms with van der Waals surface area (Å²) in [5.41, 5.74) is 6.39. The summed E-state index contributed by atoms with van der Waals surface area (Å²) < 4.78 is 0. The van der Waals surface area contributed by atoms with Gasteiger partial charge in [0.15, 0.2) is 0 Å². The van der Waals surface area contributed by atoms with Crippen molar-refractivity contribution in [1.29, 1.82) is 0 Å². The van der Waals surface area contributed by atoms with Crippen LogP contribution in [0.25, 0.3) is 11.1 Å². The summed E-state index contributed by atoms with van der Waals surface area (Å²) in [4.78, 5) is 24.8. The van der Waals surface area contributed by atoms with Gasteiger partial charge in [0.2, 0.25) is 5.91 Å². The van der Waals surface area contributed by atoms with Crippen molar-refractivity contribution >= 4 is 11.6 Å². The molecule has 1 aromatic heterocycles. The van der Waals surface area contributed by atoms with Crippen molar-refractivity contribution in [3.8, 4) is 11.1 Å². The number of nitrogens with zero attached hydrogens (tertiary/aromatic N) is 3. The van der Waals surface area contributed by atoms with Crippen molar-refractivity contribution in [3.05, 3.63) is 109 Å². The molecule has 0 atom stereocenters. The summed E-state index contributed by atoms with van der Waals surface area (Å²) in [6.07, 6.45) is 10.8. The molecule has 5 nitrogen and oxygen atoms in total. The Morgan fingerprint density at radius 3 is 2.72 bits per heavy atom. The van der Waals surface area contributed by atoms with Crippen LogP contribution in [0, 0.1) is 0 Å². The number of aromatic amines is 1. The maximum absolute atomic E-state index is 13.2. The van der Waals surface area contributed by atoms with Gasteiger partial charge >= 0.3 is 0 Å². The van der Waals surface area contributed by atoms with Crippen LogP contribution < -0.4 is 4.90 Å². The number of amides is 1. The van der Waals surface area contributed by atoms with Crippen LogP contribution >= 0.6 is 0 Å². The number of hydrogen-bond acceptors (Lipinski definition) is 3. The van der Waals surface area contributed by atoms with Crippen molar-refractivity contribution in [3.63, 3.8) is 0 Å². The Kier molecular flexibility index (Phi) is 6.66. The molecule has 162 valence electrons. The number of imidazole rings is 1. The number of rotatable bonds is 6. The number of carbonyl (C=O) groups is 1. The predicted molar refractivity (Wildman–Crippen MR) is 130 cm³/mol. The molecule has 2 aromatic carbocycles. The van der Waals surface area contributed by atoms with E-state index in [9.17, 15) is 4.79 Å². The Balaban J connectivity index is 1.68. The number of H-pyrrole nitrogens is 1. The summed E-state index contributed by atoms with van der Waals surface area (Å²) in [5.74, 6) is 0.0539. The van der Waals surface area contributed by atoms with E-state index in [0.29, 0.717) is 18.7 Å². The number of hydrogen-bond donors (Lipinski definition) is 1. The first-order valence-electron chi connectivity index (χ1n) is 10.8. The van der Waals surface area contributed by atoms with Gasteiger partial charge in [0.05, 0.1) is 18.6 Å². The lowest BCUT2D eigenvalue weighted by molar-refractivity contribution is -0.127. The van der Waals surface area contributed by atoms with Crippen molar-refractivity contribution in [2.75, 3.05) is 18.0 Å². The van der Waals surface area contributed by atoms with E-state index in [1.165, 1.54) is 5.56 Å². The fourth-order valence-electron chi connectivity index (χ4n) is 3.99. The molecule has 0 spiro atoms. The van der Waals surface area contributed by atoms with Crippen LogP contribution in [-0.2, 0) is 17.9 Å². The molecule has 3 aromatic rings. The van der Waals surface area contributed by atoms with Crippen molar-refractivity contribution in [1.82, 2.24) is 14.9 Å². The van der Waals surface area contributed by atoms with Crippen molar-refractivity contribution in [2.45, 2.75) is 20.0 Å². The van der Waals surface area contributed by atoms with Crippen LogP contribution in [0.5, 0.6) is 0 Å². The molecular weight excluding hydrogens is 396 g/mol. The minimum atomic E-state index is 0.0539. The lowest BCUT2D eigenvalue weighted by Crippen LogP contribution is -2.35. The second-order valence-electron chi connectivity index (χ2n) is 7.90. The smallest absolute Gasteiger partial charge is 0.249 e. The molecule has 4 rings (SSSR count). The number of allylic oxidation sites excluding steroid dienone is 4. The molecule has 2 heterocycles. The number of anilines is 1. The fraction of sp³-hybridized carbons (Fsp3) is 0.185. The van der Waals surface area contributed by atoms with Gasteiger partial charge in [-0.15, -0.1) is 0 Å². The molecule has 1 amide bonds. The molecule has 5 heteroatoms. The molecule has 32 heavy (non-hydrogen) atoms. The summed E-state index contributed by atoms with van der Waals surface area (Å²) in [7, 11) is 0. The first-order chi connectivity index (χ1) is 15.7. The van der Waals surface area contributed by atoms with Gasteiger partial charge in [0.25, 0.3) is 0 Å².